The van der Waals surface area contributed by atoms with Crippen molar-refractivity contribution < 1.29 is 34.6 Å². The average molecular weight is 653 g/mol. The maximum atomic E-state index is 13.3. The number of hydrogen-bond donors (Lipinski definition) is 5. The number of hydrogen-bond acceptors (Lipinski definition) is 16. The first-order valence-corrected chi connectivity index (χ1v) is 15.4. The SMILES string of the molecule is CC(O/N=C(/C(=O)N[C@@H]1C(=O)N2C(C(=O)O)=C(CSc3cnns3)CS[C@H]12)c1csc(N)n1)c1cc(=O)c(O)cn1O. The molecule has 0 radical (unpaired) electrons. The van der Waals surface area contributed by atoms with Gasteiger partial charge in [-0.3, -0.25) is 19.3 Å². The van der Waals surface area contributed by atoms with Crippen LogP contribution in [0.1, 0.15) is 24.4 Å². The van der Waals surface area contributed by atoms with Crippen molar-refractivity contribution in [2.24, 2.45) is 5.16 Å². The summed E-state index contributed by atoms with van der Waals surface area (Å²) in [5, 5.41) is 40.5. The van der Waals surface area contributed by atoms with Gasteiger partial charge in [-0.1, -0.05) is 9.64 Å². The van der Waals surface area contributed by atoms with E-state index in [0.29, 0.717) is 21.8 Å². The number of carbonyl (C=O) groups is 3. The summed E-state index contributed by atoms with van der Waals surface area (Å²) in [6.45, 7) is 1.43. The van der Waals surface area contributed by atoms with E-state index in [-0.39, 0.29) is 27.9 Å². The van der Waals surface area contributed by atoms with Crippen LogP contribution in [-0.2, 0) is 19.2 Å². The fourth-order valence-electron chi connectivity index (χ4n) is 4.00. The van der Waals surface area contributed by atoms with Crippen LogP contribution in [0.5, 0.6) is 5.75 Å². The Morgan fingerprint density at radius 1 is 1.38 bits per heavy atom. The number of aromatic hydroxyl groups is 1. The molecule has 20 heteroatoms. The van der Waals surface area contributed by atoms with Crippen molar-refractivity contribution in [2.45, 2.75) is 28.7 Å². The molecule has 2 aliphatic heterocycles. The van der Waals surface area contributed by atoms with E-state index in [1.165, 1.54) is 47.4 Å². The molecule has 6 N–H and O–H groups in total. The lowest BCUT2D eigenvalue weighted by atomic mass is 10.0. The van der Waals surface area contributed by atoms with Crippen LogP contribution >= 0.6 is 46.4 Å². The largest absolute Gasteiger partial charge is 0.503 e. The third-order valence-electron chi connectivity index (χ3n) is 6.00. The van der Waals surface area contributed by atoms with E-state index in [1.807, 2.05) is 0 Å². The number of nitrogens with one attached hydrogen (secondary N) is 1. The van der Waals surface area contributed by atoms with Gasteiger partial charge in [0.05, 0.1) is 12.4 Å². The van der Waals surface area contributed by atoms with E-state index in [4.69, 9.17) is 10.6 Å². The first-order valence-electron chi connectivity index (χ1n) is 11.8. The minimum absolute atomic E-state index is 0.0391. The molecular weight excluding hydrogens is 633 g/mol. The van der Waals surface area contributed by atoms with Gasteiger partial charge in [-0.05, 0) is 24.0 Å². The molecule has 3 atom stereocenters. The van der Waals surface area contributed by atoms with E-state index >= 15 is 0 Å². The van der Waals surface area contributed by atoms with Crippen molar-refractivity contribution in [1.29, 1.82) is 0 Å². The molecule has 3 aromatic heterocycles. The standard InChI is InChI=1S/C22H20N8O8S4/c1-8(11-2-12(31)13(32)4-29(11)37)38-27-15(10-7-41-22(23)25-10)18(33)26-16-19(34)30-17(21(35)36)9(6-40-20(16)30)5-39-14-3-24-28-42-14/h2-4,7-8,16,20,32,37H,5-6H2,1H3,(H2,23,25)(H,26,33)(H,35,36)/b27-15+/t8?,16-,20-/m1/s1. The number of oxime groups is 1. The number of nitrogen functional groups attached to an aromatic ring is 1. The molecule has 220 valence electrons. The number of anilines is 1. The van der Waals surface area contributed by atoms with Crippen LogP contribution in [0, 0.1) is 0 Å². The zero-order chi connectivity index (χ0) is 30.1. The number of nitrogens with two attached hydrogens (primary N) is 1. The third-order valence-corrected chi connectivity index (χ3v) is 9.94. The summed E-state index contributed by atoms with van der Waals surface area (Å²) >= 11 is 4.88. The fraction of sp³-hybridized carbons (Fsp3) is 0.273. The van der Waals surface area contributed by atoms with Crippen molar-refractivity contribution in [3.8, 4) is 5.75 Å². The maximum absolute atomic E-state index is 13.3. The topological polar surface area (TPSA) is 235 Å². The molecule has 3 aromatic rings. The Morgan fingerprint density at radius 2 is 2.17 bits per heavy atom. The molecular formula is C22H20N8O8S4. The predicted molar refractivity (Wildman–Crippen MR) is 152 cm³/mol. The summed E-state index contributed by atoms with van der Waals surface area (Å²) in [5.74, 6) is -2.75. The van der Waals surface area contributed by atoms with Gasteiger partial charge in [-0.25, -0.2) is 9.78 Å². The number of fused-ring (bicyclic) bond motifs is 1. The molecule has 1 fully saturated rings. The van der Waals surface area contributed by atoms with Crippen LogP contribution in [-0.4, -0.2) is 86.0 Å². The van der Waals surface area contributed by atoms with Gasteiger partial charge in [-0.15, -0.1) is 40.0 Å². The molecule has 42 heavy (non-hydrogen) atoms. The Balaban J connectivity index is 1.34. The van der Waals surface area contributed by atoms with Gasteiger partial charge < -0.3 is 31.3 Å². The number of nitrogens with zero attached hydrogens (tertiary/aromatic N) is 6. The van der Waals surface area contributed by atoms with Crippen molar-refractivity contribution >= 4 is 75.0 Å². The normalized spacial score (nSPS) is 19.2. The van der Waals surface area contributed by atoms with Gasteiger partial charge >= 0.3 is 5.97 Å². The number of amides is 2. The lowest BCUT2D eigenvalue weighted by molar-refractivity contribution is -0.150. The highest BCUT2D eigenvalue weighted by Gasteiger charge is 2.54. The number of aliphatic carboxylic acids is 1. The van der Waals surface area contributed by atoms with E-state index < -0.39 is 46.5 Å². The molecule has 5 heterocycles. The Hall–Kier alpha value is -4.14. The second-order valence-corrected chi connectivity index (χ2v) is 12.8. The quantitative estimate of drug-likeness (QED) is 0.0667. The molecule has 0 bridgehead atoms. The number of carboxylic acid groups (broad SMARTS) is 1. The summed E-state index contributed by atoms with van der Waals surface area (Å²) in [5.41, 5.74) is 5.01. The minimum atomic E-state index is -1.25. The molecule has 1 unspecified atom stereocenters. The summed E-state index contributed by atoms with van der Waals surface area (Å²) < 4.78 is 5.06. The van der Waals surface area contributed by atoms with Crippen LogP contribution in [0.15, 0.2) is 49.3 Å². The van der Waals surface area contributed by atoms with Crippen molar-refractivity contribution in [3.05, 3.63) is 56.7 Å². The van der Waals surface area contributed by atoms with Crippen molar-refractivity contribution in [1.82, 2.24) is 29.5 Å². The molecule has 16 nitrogen and oxygen atoms in total. The van der Waals surface area contributed by atoms with Crippen LogP contribution in [0.3, 0.4) is 0 Å². The highest BCUT2D eigenvalue weighted by atomic mass is 32.2. The number of β-lactam (4-membered cyclic amide) rings is 1. The van der Waals surface area contributed by atoms with Crippen LogP contribution in [0.25, 0.3) is 0 Å². The summed E-state index contributed by atoms with van der Waals surface area (Å²) in [6.07, 6.45) is 1.28. The van der Waals surface area contributed by atoms with Gasteiger partial charge in [-0.2, -0.15) is 4.73 Å². The first-order chi connectivity index (χ1) is 20.0. The van der Waals surface area contributed by atoms with E-state index in [2.05, 4.69) is 25.0 Å². The van der Waals surface area contributed by atoms with Gasteiger partial charge in [0.2, 0.25) is 5.43 Å². The maximum Gasteiger partial charge on any atom is 0.352 e. The molecule has 0 aliphatic carbocycles. The number of rotatable bonds is 10. The Morgan fingerprint density at radius 3 is 2.83 bits per heavy atom. The number of aromatic nitrogens is 4. The highest BCUT2D eigenvalue weighted by molar-refractivity contribution is 8.01. The molecule has 2 amide bonds. The predicted octanol–water partition coefficient (Wildman–Crippen LogP) is 0.694. The molecule has 0 spiro atoms. The van der Waals surface area contributed by atoms with Gasteiger partial charge in [0, 0.05) is 23.0 Å². The Labute approximate surface area is 252 Å². The Kier molecular flexibility index (Phi) is 8.38. The van der Waals surface area contributed by atoms with E-state index in [1.54, 1.807) is 6.20 Å². The number of thioether (sulfide) groups is 2. The second kappa shape index (κ2) is 12.0. The van der Waals surface area contributed by atoms with Gasteiger partial charge in [0.1, 0.15) is 32.7 Å². The van der Waals surface area contributed by atoms with E-state index in [9.17, 15) is 34.6 Å². The lowest BCUT2D eigenvalue weighted by Crippen LogP contribution is -2.71. The van der Waals surface area contributed by atoms with Crippen LogP contribution < -0.4 is 16.5 Å². The Bertz CT molecular complexity index is 1670. The molecule has 0 saturated carbocycles. The van der Waals surface area contributed by atoms with E-state index in [0.717, 1.165) is 32.7 Å². The van der Waals surface area contributed by atoms with Crippen molar-refractivity contribution in [2.75, 3.05) is 17.2 Å². The number of carbonyl (C=O) groups excluding carboxylic acids is 2. The zero-order valence-corrected chi connectivity index (χ0v) is 24.5. The molecule has 0 aromatic carbocycles. The monoisotopic (exact) mass is 652 g/mol. The number of pyridine rings is 1. The van der Waals surface area contributed by atoms with Crippen molar-refractivity contribution in [3.63, 3.8) is 0 Å². The molecule has 5 rings (SSSR count). The fourth-order valence-corrected chi connectivity index (χ4v) is 7.46. The minimum Gasteiger partial charge on any atom is -0.503 e. The summed E-state index contributed by atoms with van der Waals surface area (Å²) in [7, 11) is 0. The average Bonchev–Trinajstić information content (AvgIpc) is 3.63. The first kappa shape index (κ1) is 29.4. The molecule has 1 saturated heterocycles. The lowest BCUT2D eigenvalue weighted by Gasteiger charge is -2.49. The number of carboxylic acids is 1. The molecule has 2 aliphatic rings. The zero-order valence-electron chi connectivity index (χ0n) is 21.2. The smallest absolute Gasteiger partial charge is 0.352 e. The van der Waals surface area contributed by atoms with Gasteiger partial charge in [0.25, 0.3) is 11.8 Å². The summed E-state index contributed by atoms with van der Waals surface area (Å²) in [4.78, 5) is 61.0. The van der Waals surface area contributed by atoms with Crippen LogP contribution in [0.4, 0.5) is 5.13 Å². The second-order valence-electron chi connectivity index (χ2n) is 8.69. The van der Waals surface area contributed by atoms with Crippen LogP contribution in [0.2, 0.25) is 0 Å². The highest BCUT2D eigenvalue weighted by Crippen LogP contribution is 2.41. The number of thiazole rings is 1. The summed E-state index contributed by atoms with van der Waals surface area (Å²) in [6, 6.07) is -0.123. The van der Waals surface area contributed by atoms with Gasteiger partial charge in [0.15, 0.2) is 22.7 Å². The third kappa shape index (κ3) is 5.78.